The second kappa shape index (κ2) is 7.09. The largest absolute Gasteiger partial charge is 0.389 e. The molecule has 116 valence electrons. The van der Waals surface area contributed by atoms with Crippen LogP contribution in [0, 0.1) is 0 Å². The lowest BCUT2D eigenvalue weighted by Crippen LogP contribution is -2.38. The third-order valence-corrected chi connectivity index (χ3v) is 6.65. The molecule has 0 bridgehead atoms. The average molecular weight is 345 g/mol. The molecular weight excluding hydrogens is 324 g/mol. The zero-order valence-electron chi connectivity index (χ0n) is 11.9. The second-order valence-corrected chi connectivity index (χ2v) is 8.51. The van der Waals surface area contributed by atoms with Crippen molar-refractivity contribution in [2.75, 3.05) is 6.26 Å². The van der Waals surface area contributed by atoms with Crippen molar-refractivity contribution < 1.29 is 8.42 Å². The number of sulfonamides is 1. The van der Waals surface area contributed by atoms with E-state index in [1.54, 1.807) is 18.2 Å². The monoisotopic (exact) mass is 344 g/mol. The van der Waals surface area contributed by atoms with Gasteiger partial charge in [0.1, 0.15) is 4.99 Å². The number of benzene rings is 1. The zero-order chi connectivity index (χ0) is 15.5. The molecule has 1 aromatic rings. The summed E-state index contributed by atoms with van der Waals surface area (Å²) in [4.78, 5) is 0.423. The second-order valence-electron chi connectivity index (χ2n) is 5.22. The molecule has 0 unspecified atom stereocenters. The first-order valence-electron chi connectivity index (χ1n) is 6.87. The molecule has 0 atom stereocenters. The van der Waals surface area contributed by atoms with Gasteiger partial charge in [0, 0.05) is 16.9 Å². The minimum Gasteiger partial charge on any atom is -0.389 e. The van der Waals surface area contributed by atoms with E-state index in [9.17, 15) is 8.42 Å². The Morgan fingerprint density at radius 1 is 1.33 bits per heavy atom. The molecule has 1 saturated carbocycles. The Labute approximate surface area is 135 Å². The molecule has 7 heteroatoms. The molecular formula is C14H20N2O2S3. The molecule has 0 aliphatic heterocycles. The van der Waals surface area contributed by atoms with Gasteiger partial charge >= 0.3 is 0 Å². The van der Waals surface area contributed by atoms with Crippen LogP contribution >= 0.6 is 24.0 Å². The molecule has 0 spiro atoms. The Bertz CT molecular complexity index is 608. The number of nitrogens with one attached hydrogen (secondary N) is 1. The predicted octanol–water partition coefficient (Wildman–Crippen LogP) is 2.27. The van der Waals surface area contributed by atoms with E-state index in [-0.39, 0.29) is 15.9 Å². The standard InChI is InChI=1S/C14H20N2O2S3/c1-20-12-7-5-11(6-8-12)16-21(17,18)13-4-2-3-10(9-13)14(15)19/h2-4,9,11-12,16H,5-8H2,1H3,(H2,15,19). The minimum atomic E-state index is -3.51. The number of nitrogens with two attached hydrogens (primary N) is 1. The van der Waals surface area contributed by atoms with Gasteiger partial charge in [-0.1, -0.05) is 24.4 Å². The van der Waals surface area contributed by atoms with Crippen molar-refractivity contribution >= 4 is 39.0 Å². The lowest BCUT2D eigenvalue weighted by molar-refractivity contribution is 0.420. The Balaban J connectivity index is 2.08. The summed E-state index contributed by atoms with van der Waals surface area (Å²) in [7, 11) is -3.51. The van der Waals surface area contributed by atoms with Crippen molar-refractivity contribution in [2.24, 2.45) is 5.73 Å². The molecule has 1 aliphatic carbocycles. The van der Waals surface area contributed by atoms with E-state index < -0.39 is 10.0 Å². The van der Waals surface area contributed by atoms with Gasteiger partial charge in [-0.2, -0.15) is 11.8 Å². The summed E-state index contributed by atoms with van der Waals surface area (Å²) in [6.45, 7) is 0. The highest BCUT2D eigenvalue weighted by molar-refractivity contribution is 7.99. The van der Waals surface area contributed by atoms with E-state index in [1.807, 2.05) is 11.8 Å². The highest BCUT2D eigenvalue weighted by Gasteiger charge is 2.25. The predicted molar refractivity (Wildman–Crippen MR) is 92.2 cm³/mol. The van der Waals surface area contributed by atoms with Crippen molar-refractivity contribution in [1.29, 1.82) is 0 Å². The topological polar surface area (TPSA) is 72.2 Å². The highest BCUT2D eigenvalue weighted by Crippen LogP contribution is 2.27. The SMILES string of the molecule is CSC1CCC(NS(=O)(=O)c2cccc(C(N)=S)c2)CC1. The van der Waals surface area contributed by atoms with Crippen molar-refractivity contribution in [3.05, 3.63) is 29.8 Å². The number of hydrogen-bond acceptors (Lipinski definition) is 4. The van der Waals surface area contributed by atoms with Crippen LogP contribution in [-0.4, -0.2) is 31.0 Å². The van der Waals surface area contributed by atoms with E-state index in [0.29, 0.717) is 10.8 Å². The number of thioether (sulfide) groups is 1. The third kappa shape index (κ3) is 4.42. The van der Waals surface area contributed by atoms with E-state index in [2.05, 4.69) is 11.0 Å². The van der Waals surface area contributed by atoms with Crippen LogP contribution in [0.4, 0.5) is 0 Å². The first kappa shape index (κ1) is 16.7. The van der Waals surface area contributed by atoms with Crippen molar-refractivity contribution in [3.63, 3.8) is 0 Å². The maximum atomic E-state index is 12.4. The lowest BCUT2D eigenvalue weighted by Gasteiger charge is -2.27. The van der Waals surface area contributed by atoms with Crippen LogP contribution in [0.5, 0.6) is 0 Å². The van der Waals surface area contributed by atoms with Crippen LogP contribution in [0.15, 0.2) is 29.2 Å². The minimum absolute atomic E-state index is 0.0203. The Kier molecular flexibility index (Phi) is 5.65. The summed E-state index contributed by atoms with van der Waals surface area (Å²) in [6, 6.07) is 6.49. The fraction of sp³-hybridized carbons (Fsp3) is 0.500. The van der Waals surface area contributed by atoms with Gasteiger partial charge in [0.25, 0.3) is 0 Å². The molecule has 2 rings (SSSR count). The Hall–Kier alpha value is -0.630. The lowest BCUT2D eigenvalue weighted by atomic mass is 9.96. The first-order valence-corrected chi connectivity index (χ1v) is 10.1. The van der Waals surface area contributed by atoms with E-state index >= 15 is 0 Å². The van der Waals surface area contributed by atoms with Crippen molar-refractivity contribution in [1.82, 2.24) is 4.72 Å². The van der Waals surface area contributed by atoms with Gasteiger partial charge in [-0.15, -0.1) is 0 Å². The quantitative estimate of drug-likeness (QED) is 0.802. The zero-order valence-corrected chi connectivity index (χ0v) is 14.4. The molecule has 1 aliphatic rings. The van der Waals surface area contributed by atoms with Crippen LogP contribution in [-0.2, 0) is 10.0 Å². The van der Waals surface area contributed by atoms with Crippen LogP contribution in [0.1, 0.15) is 31.2 Å². The van der Waals surface area contributed by atoms with Crippen LogP contribution < -0.4 is 10.5 Å². The van der Waals surface area contributed by atoms with E-state index in [0.717, 1.165) is 25.7 Å². The van der Waals surface area contributed by atoms with Gasteiger partial charge in [-0.3, -0.25) is 0 Å². The summed E-state index contributed by atoms with van der Waals surface area (Å²) in [5.74, 6) is 0. The van der Waals surface area contributed by atoms with E-state index in [4.69, 9.17) is 18.0 Å². The van der Waals surface area contributed by atoms with E-state index in [1.165, 1.54) is 6.07 Å². The maximum absolute atomic E-state index is 12.4. The molecule has 0 saturated heterocycles. The first-order chi connectivity index (χ1) is 9.92. The smallest absolute Gasteiger partial charge is 0.240 e. The van der Waals surface area contributed by atoms with Gasteiger partial charge in [0.05, 0.1) is 4.90 Å². The van der Waals surface area contributed by atoms with Gasteiger partial charge in [-0.05, 0) is 44.1 Å². The molecule has 0 heterocycles. The van der Waals surface area contributed by atoms with Crippen LogP contribution in [0.3, 0.4) is 0 Å². The third-order valence-electron chi connectivity index (χ3n) is 3.76. The summed E-state index contributed by atoms with van der Waals surface area (Å²) in [5, 5.41) is 0.656. The summed E-state index contributed by atoms with van der Waals surface area (Å²) < 4.78 is 27.7. The van der Waals surface area contributed by atoms with Crippen molar-refractivity contribution in [2.45, 2.75) is 41.9 Å². The summed E-state index contributed by atoms with van der Waals surface area (Å²) in [5.41, 5.74) is 6.12. The van der Waals surface area contributed by atoms with Crippen LogP contribution in [0.25, 0.3) is 0 Å². The number of rotatable bonds is 5. The molecule has 0 aromatic heterocycles. The molecule has 1 aromatic carbocycles. The van der Waals surface area contributed by atoms with Gasteiger partial charge in [0.2, 0.25) is 10.0 Å². The summed E-state index contributed by atoms with van der Waals surface area (Å²) >= 11 is 6.75. The highest BCUT2D eigenvalue weighted by atomic mass is 32.2. The van der Waals surface area contributed by atoms with Crippen LogP contribution in [0.2, 0.25) is 0 Å². The molecule has 0 amide bonds. The molecule has 21 heavy (non-hydrogen) atoms. The Morgan fingerprint density at radius 3 is 2.57 bits per heavy atom. The summed E-state index contributed by atoms with van der Waals surface area (Å²) in [6.07, 6.45) is 6.00. The van der Waals surface area contributed by atoms with Gasteiger partial charge in [0.15, 0.2) is 0 Å². The number of thiocarbonyl (C=S) groups is 1. The number of hydrogen-bond donors (Lipinski definition) is 2. The normalized spacial score (nSPS) is 22.9. The molecule has 1 fully saturated rings. The molecule has 3 N–H and O–H groups in total. The Morgan fingerprint density at radius 2 is 2.00 bits per heavy atom. The van der Waals surface area contributed by atoms with Crippen molar-refractivity contribution in [3.8, 4) is 0 Å². The van der Waals surface area contributed by atoms with Gasteiger partial charge < -0.3 is 5.73 Å². The average Bonchev–Trinajstić information content (AvgIpc) is 2.48. The molecule has 4 nitrogen and oxygen atoms in total. The molecule has 0 radical (unpaired) electrons. The van der Waals surface area contributed by atoms with Gasteiger partial charge in [-0.25, -0.2) is 13.1 Å². The fourth-order valence-corrected chi connectivity index (χ4v) is 4.74. The maximum Gasteiger partial charge on any atom is 0.240 e. The fourth-order valence-electron chi connectivity index (χ4n) is 2.52.